The molecule has 0 aromatic heterocycles. The molecule has 0 aliphatic rings. The van der Waals surface area contributed by atoms with E-state index in [1.165, 1.54) is 5.96 Å². The Labute approximate surface area is 126 Å². The first kappa shape index (κ1) is 22.3. The van der Waals surface area contributed by atoms with E-state index in [1.54, 1.807) is 0 Å². The molecule has 8 heteroatoms. The lowest BCUT2D eigenvalue weighted by molar-refractivity contribution is -0.531. The zero-order valence-corrected chi connectivity index (χ0v) is 14.2. The van der Waals surface area contributed by atoms with Crippen LogP contribution in [0.3, 0.4) is 0 Å². The van der Waals surface area contributed by atoms with E-state index < -0.39 is 7.25 Å². The minimum atomic E-state index is -6.00. The van der Waals surface area contributed by atoms with Crippen molar-refractivity contribution in [3.05, 3.63) is 0 Å². The Morgan fingerprint density at radius 2 is 0.952 bits per heavy atom. The van der Waals surface area contributed by atoms with Crippen LogP contribution in [0.2, 0.25) is 0 Å². The zero-order chi connectivity index (χ0) is 17.1. The summed E-state index contributed by atoms with van der Waals surface area (Å²) in [6.07, 6.45) is 0. The quantitative estimate of drug-likeness (QED) is 0.244. The summed E-state index contributed by atoms with van der Waals surface area (Å²) in [6.45, 7) is 19.9. The van der Waals surface area contributed by atoms with Gasteiger partial charge in [0.25, 0.3) is 0 Å². The molecule has 0 fully saturated rings. The fourth-order valence-electron chi connectivity index (χ4n) is 2.12. The van der Waals surface area contributed by atoms with Gasteiger partial charge in [0.2, 0.25) is 0 Å². The standard InChI is InChI=1S/C13H30N3.BF4/c1-7-14(8-2)13(15(9-3)10-4)16(11-5)12-6;2-1(3,4)5/h7-12H2,1-6H3;/q+1;-1. The topological polar surface area (TPSA) is 9.49 Å². The van der Waals surface area contributed by atoms with Gasteiger partial charge < -0.3 is 17.3 Å². The first-order valence-corrected chi connectivity index (χ1v) is 7.68. The Morgan fingerprint density at radius 1 is 0.714 bits per heavy atom. The second kappa shape index (κ2) is 11.7. The average Bonchev–Trinajstić information content (AvgIpc) is 2.40. The van der Waals surface area contributed by atoms with Gasteiger partial charge in [0, 0.05) is 0 Å². The first-order valence-electron chi connectivity index (χ1n) is 7.68. The first-order chi connectivity index (χ1) is 9.69. The van der Waals surface area contributed by atoms with Crippen molar-refractivity contribution >= 4 is 13.2 Å². The Bertz CT molecular complexity index is 262. The maximum atomic E-state index is 9.75. The predicted octanol–water partition coefficient (Wildman–Crippen LogP) is 3.38. The second-order valence-electron chi connectivity index (χ2n) is 4.31. The molecule has 0 spiro atoms. The van der Waals surface area contributed by atoms with Gasteiger partial charge in [-0.15, -0.1) is 0 Å². The van der Waals surface area contributed by atoms with E-state index in [1.807, 2.05) is 0 Å². The van der Waals surface area contributed by atoms with Gasteiger partial charge in [-0.3, -0.25) is 14.4 Å². The summed E-state index contributed by atoms with van der Waals surface area (Å²) in [5.41, 5.74) is 0. The summed E-state index contributed by atoms with van der Waals surface area (Å²) in [7, 11) is -6.00. The molecule has 0 unspecified atom stereocenters. The number of hydrogen-bond donors (Lipinski definition) is 0. The molecule has 0 amide bonds. The molecule has 3 nitrogen and oxygen atoms in total. The van der Waals surface area contributed by atoms with Crippen LogP contribution in [-0.2, 0) is 0 Å². The van der Waals surface area contributed by atoms with Gasteiger partial charge in [-0.1, -0.05) is 0 Å². The molecule has 0 saturated heterocycles. The Kier molecular flexibility index (Phi) is 12.4. The van der Waals surface area contributed by atoms with Crippen molar-refractivity contribution in [3.8, 4) is 0 Å². The molecule has 21 heavy (non-hydrogen) atoms. The zero-order valence-electron chi connectivity index (χ0n) is 14.2. The monoisotopic (exact) mass is 315 g/mol. The Balaban J connectivity index is 0. The third kappa shape index (κ3) is 10.4. The SMILES string of the molecule is CCN(CC)C(N(CC)CC)=[N+](CC)CC.F[B-](F)(F)F. The van der Waals surface area contributed by atoms with Crippen LogP contribution in [0.25, 0.3) is 0 Å². The molecule has 0 N–H and O–H groups in total. The third-order valence-electron chi connectivity index (χ3n) is 3.14. The van der Waals surface area contributed by atoms with Gasteiger partial charge >= 0.3 is 13.2 Å². The molecule has 0 aliphatic carbocycles. The van der Waals surface area contributed by atoms with E-state index >= 15 is 0 Å². The summed E-state index contributed by atoms with van der Waals surface area (Å²) in [4.78, 5) is 4.92. The summed E-state index contributed by atoms with van der Waals surface area (Å²) < 4.78 is 41.5. The molecule has 0 atom stereocenters. The van der Waals surface area contributed by atoms with E-state index in [4.69, 9.17) is 0 Å². The van der Waals surface area contributed by atoms with Gasteiger partial charge in [-0.25, -0.2) is 0 Å². The minimum Gasteiger partial charge on any atom is -0.418 e. The summed E-state index contributed by atoms with van der Waals surface area (Å²) in [5, 5.41) is 0. The lowest BCUT2D eigenvalue weighted by atomic mass is 10.3. The smallest absolute Gasteiger partial charge is 0.418 e. The van der Waals surface area contributed by atoms with Crippen LogP contribution in [0.15, 0.2) is 0 Å². The van der Waals surface area contributed by atoms with Crippen molar-refractivity contribution < 1.29 is 21.8 Å². The molecule has 0 rings (SSSR count). The molecule has 128 valence electrons. The Morgan fingerprint density at radius 3 is 1.10 bits per heavy atom. The van der Waals surface area contributed by atoms with E-state index in [-0.39, 0.29) is 0 Å². The highest BCUT2D eigenvalue weighted by atomic mass is 19.5. The number of rotatable bonds is 6. The fraction of sp³-hybridized carbons (Fsp3) is 0.923. The van der Waals surface area contributed by atoms with Gasteiger partial charge in [0.05, 0.1) is 39.3 Å². The van der Waals surface area contributed by atoms with E-state index in [0.29, 0.717) is 0 Å². The molecule has 0 radical (unpaired) electrons. The van der Waals surface area contributed by atoms with Gasteiger partial charge in [-0.2, -0.15) is 0 Å². The summed E-state index contributed by atoms with van der Waals surface area (Å²) >= 11 is 0. The molecule has 0 aromatic carbocycles. The fourth-order valence-corrected chi connectivity index (χ4v) is 2.12. The molecule has 0 heterocycles. The number of halogens is 4. The molecule has 0 aromatic rings. The maximum Gasteiger partial charge on any atom is 0.673 e. The van der Waals surface area contributed by atoms with Crippen molar-refractivity contribution in [1.29, 1.82) is 0 Å². The highest BCUT2D eigenvalue weighted by molar-refractivity contribution is 6.50. The molecular weight excluding hydrogens is 285 g/mol. The lowest BCUT2D eigenvalue weighted by Crippen LogP contribution is -2.49. The van der Waals surface area contributed by atoms with Crippen LogP contribution < -0.4 is 0 Å². The number of guanidine groups is 1. The molecule has 0 aliphatic heterocycles. The molecule has 0 bridgehead atoms. The molecule has 0 saturated carbocycles. The van der Waals surface area contributed by atoms with Gasteiger partial charge in [0.1, 0.15) is 0 Å². The van der Waals surface area contributed by atoms with Gasteiger partial charge in [0.15, 0.2) is 0 Å². The maximum absolute atomic E-state index is 9.75. The highest BCUT2D eigenvalue weighted by Crippen LogP contribution is 2.06. The third-order valence-corrected chi connectivity index (χ3v) is 3.14. The largest absolute Gasteiger partial charge is 0.673 e. The Hall–Kier alpha value is -0.945. The van der Waals surface area contributed by atoms with Crippen molar-refractivity contribution in [3.63, 3.8) is 0 Å². The summed E-state index contributed by atoms with van der Waals surface area (Å²) in [6, 6.07) is 0. The summed E-state index contributed by atoms with van der Waals surface area (Å²) in [5.74, 6) is 1.40. The second-order valence-corrected chi connectivity index (χ2v) is 4.31. The van der Waals surface area contributed by atoms with Crippen molar-refractivity contribution in [2.75, 3.05) is 39.3 Å². The molecular formula is C13H30BF4N3. The number of hydrogen-bond acceptors (Lipinski definition) is 0. The van der Waals surface area contributed by atoms with E-state index in [9.17, 15) is 17.3 Å². The lowest BCUT2D eigenvalue weighted by Gasteiger charge is -2.27. The van der Waals surface area contributed by atoms with Crippen molar-refractivity contribution in [1.82, 2.24) is 9.80 Å². The average molecular weight is 315 g/mol. The van der Waals surface area contributed by atoms with Crippen LogP contribution in [0.1, 0.15) is 41.5 Å². The van der Waals surface area contributed by atoms with Gasteiger partial charge in [-0.05, 0) is 41.5 Å². The van der Waals surface area contributed by atoms with Crippen LogP contribution in [0, 0.1) is 0 Å². The normalized spacial score (nSPS) is 10.6. The van der Waals surface area contributed by atoms with Crippen LogP contribution in [-0.4, -0.2) is 66.9 Å². The predicted molar refractivity (Wildman–Crippen MR) is 82.4 cm³/mol. The minimum absolute atomic E-state index is 1.08. The van der Waals surface area contributed by atoms with Crippen LogP contribution in [0.5, 0.6) is 0 Å². The highest BCUT2D eigenvalue weighted by Gasteiger charge is 2.24. The van der Waals surface area contributed by atoms with Crippen LogP contribution >= 0.6 is 0 Å². The van der Waals surface area contributed by atoms with Crippen molar-refractivity contribution in [2.45, 2.75) is 41.5 Å². The van der Waals surface area contributed by atoms with Crippen LogP contribution in [0.4, 0.5) is 17.3 Å². The number of nitrogens with zero attached hydrogens (tertiary/aromatic N) is 3. The van der Waals surface area contributed by atoms with Crippen molar-refractivity contribution in [2.24, 2.45) is 0 Å². The van der Waals surface area contributed by atoms with E-state index in [0.717, 1.165) is 39.3 Å². The van der Waals surface area contributed by atoms with E-state index in [2.05, 4.69) is 55.9 Å².